The molecule has 0 saturated carbocycles. The SMILES string of the molecule is Nc1ccccc1N(c1ccccc1)c1ccccc1. The van der Waals surface area contributed by atoms with Crippen molar-refractivity contribution in [2.24, 2.45) is 0 Å². The fourth-order valence-electron chi connectivity index (χ4n) is 2.27. The smallest absolute Gasteiger partial charge is 0.0691 e. The van der Waals surface area contributed by atoms with Crippen LogP contribution < -0.4 is 10.6 Å². The molecule has 0 amide bonds. The maximum atomic E-state index is 6.15. The molecule has 2 N–H and O–H groups in total. The zero-order valence-corrected chi connectivity index (χ0v) is 11.1. The summed E-state index contributed by atoms with van der Waals surface area (Å²) >= 11 is 0. The van der Waals surface area contributed by atoms with E-state index in [1.807, 2.05) is 60.7 Å². The van der Waals surface area contributed by atoms with Crippen LogP contribution in [-0.4, -0.2) is 0 Å². The Labute approximate surface area is 119 Å². The molecule has 2 nitrogen and oxygen atoms in total. The second-order valence-corrected chi connectivity index (χ2v) is 4.57. The molecular formula is C18H16N2. The van der Waals surface area contributed by atoms with Crippen LogP contribution in [0.4, 0.5) is 22.7 Å². The zero-order valence-electron chi connectivity index (χ0n) is 11.1. The highest BCUT2D eigenvalue weighted by Gasteiger charge is 2.13. The third-order valence-corrected chi connectivity index (χ3v) is 3.21. The van der Waals surface area contributed by atoms with Crippen LogP contribution in [0.15, 0.2) is 84.9 Å². The molecule has 3 aromatic rings. The van der Waals surface area contributed by atoms with Crippen molar-refractivity contribution in [3.05, 3.63) is 84.9 Å². The molecule has 0 radical (unpaired) electrons. The van der Waals surface area contributed by atoms with Crippen LogP contribution >= 0.6 is 0 Å². The van der Waals surface area contributed by atoms with Gasteiger partial charge in [0.05, 0.1) is 11.4 Å². The summed E-state index contributed by atoms with van der Waals surface area (Å²) in [6.45, 7) is 0. The van der Waals surface area contributed by atoms with Gasteiger partial charge < -0.3 is 10.6 Å². The second-order valence-electron chi connectivity index (χ2n) is 4.57. The molecule has 0 bridgehead atoms. The Morgan fingerprint density at radius 1 is 0.550 bits per heavy atom. The fourth-order valence-corrected chi connectivity index (χ4v) is 2.27. The number of nitrogen functional groups attached to an aromatic ring is 1. The monoisotopic (exact) mass is 260 g/mol. The summed E-state index contributed by atoms with van der Waals surface area (Å²) in [7, 11) is 0. The number of hydrogen-bond donors (Lipinski definition) is 1. The van der Waals surface area contributed by atoms with Gasteiger partial charge in [-0.15, -0.1) is 0 Å². The number of para-hydroxylation sites is 4. The minimum absolute atomic E-state index is 0.764. The Bertz CT molecular complexity index is 639. The molecule has 0 atom stereocenters. The van der Waals surface area contributed by atoms with Crippen molar-refractivity contribution in [2.75, 3.05) is 10.6 Å². The van der Waals surface area contributed by atoms with Crippen molar-refractivity contribution in [1.29, 1.82) is 0 Å². The largest absolute Gasteiger partial charge is 0.397 e. The number of anilines is 4. The van der Waals surface area contributed by atoms with Gasteiger partial charge >= 0.3 is 0 Å². The fraction of sp³-hybridized carbons (Fsp3) is 0. The highest BCUT2D eigenvalue weighted by atomic mass is 15.1. The molecule has 0 spiro atoms. The first-order valence-electron chi connectivity index (χ1n) is 6.61. The minimum atomic E-state index is 0.764. The molecule has 20 heavy (non-hydrogen) atoms. The van der Waals surface area contributed by atoms with E-state index >= 15 is 0 Å². The molecule has 0 aliphatic heterocycles. The maximum Gasteiger partial charge on any atom is 0.0691 e. The molecule has 2 heteroatoms. The highest BCUT2D eigenvalue weighted by Crippen LogP contribution is 2.36. The van der Waals surface area contributed by atoms with E-state index in [2.05, 4.69) is 29.2 Å². The lowest BCUT2D eigenvalue weighted by Crippen LogP contribution is -2.11. The van der Waals surface area contributed by atoms with Crippen molar-refractivity contribution in [3.8, 4) is 0 Å². The summed E-state index contributed by atoms with van der Waals surface area (Å²) in [5.41, 5.74) is 10.1. The van der Waals surface area contributed by atoms with Gasteiger partial charge in [-0.3, -0.25) is 0 Å². The molecule has 98 valence electrons. The van der Waals surface area contributed by atoms with Crippen molar-refractivity contribution in [2.45, 2.75) is 0 Å². The van der Waals surface area contributed by atoms with E-state index in [0.29, 0.717) is 0 Å². The summed E-state index contributed by atoms with van der Waals surface area (Å²) in [6.07, 6.45) is 0. The summed E-state index contributed by atoms with van der Waals surface area (Å²) < 4.78 is 0. The van der Waals surface area contributed by atoms with Gasteiger partial charge in [0.25, 0.3) is 0 Å². The van der Waals surface area contributed by atoms with Crippen molar-refractivity contribution < 1.29 is 0 Å². The number of rotatable bonds is 3. The Balaban J connectivity index is 2.17. The van der Waals surface area contributed by atoms with E-state index < -0.39 is 0 Å². The lowest BCUT2D eigenvalue weighted by molar-refractivity contribution is 1.29. The molecular weight excluding hydrogens is 244 g/mol. The van der Waals surface area contributed by atoms with E-state index in [4.69, 9.17) is 5.73 Å². The molecule has 0 unspecified atom stereocenters. The van der Waals surface area contributed by atoms with E-state index in [1.165, 1.54) is 0 Å². The third-order valence-electron chi connectivity index (χ3n) is 3.21. The first-order valence-corrected chi connectivity index (χ1v) is 6.61. The van der Waals surface area contributed by atoms with E-state index in [9.17, 15) is 0 Å². The average molecular weight is 260 g/mol. The standard InChI is InChI=1S/C18H16N2/c19-17-13-7-8-14-18(17)20(15-9-3-1-4-10-15)16-11-5-2-6-12-16/h1-14H,19H2. The van der Waals surface area contributed by atoms with Crippen LogP contribution in [0.3, 0.4) is 0 Å². The van der Waals surface area contributed by atoms with Crippen LogP contribution in [0.5, 0.6) is 0 Å². The van der Waals surface area contributed by atoms with Gasteiger partial charge in [0.1, 0.15) is 0 Å². The molecule has 3 aromatic carbocycles. The van der Waals surface area contributed by atoms with Crippen LogP contribution in [-0.2, 0) is 0 Å². The highest BCUT2D eigenvalue weighted by molar-refractivity contribution is 5.83. The Morgan fingerprint density at radius 3 is 1.50 bits per heavy atom. The number of nitrogens with two attached hydrogens (primary N) is 1. The predicted molar refractivity (Wildman–Crippen MR) is 85.5 cm³/mol. The molecule has 0 fully saturated rings. The van der Waals surface area contributed by atoms with Gasteiger partial charge in [0.15, 0.2) is 0 Å². The van der Waals surface area contributed by atoms with E-state index in [-0.39, 0.29) is 0 Å². The van der Waals surface area contributed by atoms with Crippen LogP contribution in [0.2, 0.25) is 0 Å². The molecule has 0 heterocycles. The van der Waals surface area contributed by atoms with Gasteiger partial charge in [0.2, 0.25) is 0 Å². The molecule has 0 aliphatic rings. The maximum absolute atomic E-state index is 6.15. The molecule has 0 aliphatic carbocycles. The van der Waals surface area contributed by atoms with Crippen molar-refractivity contribution in [3.63, 3.8) is 0 Å². The molecule has 0 aromatic heterocycles. The van der Waals surface area contributed by atoms with Crippen LogP contribution in [0, 0.1) is 0 Å². The molecule has 0 saturated heterocycles. The van der Waals surface area contributed by atoms with Gasteiger partial charge in [-0.1, -0.05) is 48.5 Å². The summed E-state index contributed by atoms with van der Waals surface area (Å²) in [5.74, 6) is 0. The van der Waals surface area contributed by atoms with Crippen molar-refractivity contribution in [1.82, 2.24) is 0 Å². The van der Waals surface area contributed by atoms with Gasteiger partial charge in [-0.2, -0.15) is 0 Å². The normalized spacial score (nSPS) is 10.2. The topological polar surface area (TPSA) is 29.3 Å². The first-order chi connectivity index (χ1) is 9.86. The van der Waals surface area contributed by atoms with Gasteiger partial charge in [-0.05, 0) is 36.4 Å². The Morgan fingerprint density at radius 2 is 1.00 bits per heavy atom. The second kappa shape index (κ2) is 5.49. The summed E-state index contributed by atoms with van der Waals surface area (Å²) in [6, 6.07) is 28.4. The van der Waals surface area contributed by atoms with Gasteiger partial charge in [0, 0.05) is 11.4 Å². The first kappa shape index (κ1) is 12.3. The van der Waals surface area contributed by atoms with Crippen LogP contribution in [0.1, 0.15) is 0 Å². The van der Waals surface area contributed by atoms with Crippen LogP contribution in [0.25, 0.3) is 0 Å². The quantitative estimate of drug-likeness (QED) is 0.689. The van der Waals surface area contributed by atoms with Crippen molar-refractivity contribution >= 4 is 22.7 Å². The van der Waals surface area contributed by atoms with E-state index in [0.717, 1.165) is 22.7 Å². The van der Waals surface area contributed by atoms with E-state index in [1.54, 1.807) is 0 Å². The Kier molecular flexibility index (Phi) is 3.38. The lowest BCUT2D eigenvalue weighted by atomic mass is 10.1. The predicted octanol–water partition coefficient (Wildman–Crippen LogP) is 4.74. The average Bonchev–Trinajstić information content (AvgIpc) is 2.52. The summed E-state index contributed by atoms with van der Waals surface area (Å²) in [5, 5.41) is 0. The number of hydrogen-bond acceptors (Lipinski definition) is 2. The van der Waals surface area contributed by atoms with Gasteiger partial charge in [-0.25, -0.2) is 0 Å². The lowest BCUT2D eigenvalue weighted by Gasteiger charge is -2.26. The third kappa shape index (κ3) is 2.36. The summed E-state index contributed by atoms with van der Waals surface area (Å²) in [4.78, 5) is 2.16. The number of benzene rings is 3. The number of nitrogens with zero attached hydrogens (tertiary/aromatic N) is 1. The molecule has 3 rings (SSSR count). The minimum Gasteiger partial charge on any atom is -0.397 e. The Hall–Kier alpha value is -2.74. The zero-order chi connectivity index (χ0) is 13.8.